The van der Waals surface area contributed by atoms with E-state index in [1.807, 2.05) is 0 Å². The number of benzene rings is 1. The van der Waals surface area contributed by atoms with Gasteiger partial charge in [0.25, 0.3) is 0 Å². The van der Waals surface area contributed by atoms with E-state index in [1.54, 1.807) is 13.8 Å². The van der Waals surface area contributed by atoms with Crippen molar-refractivity contribution < 1.29 is 22.7 Å². The van der Waals surface area contributed by atoms with Crippen molar-refractivity contribution in [2.45, 2.75) is 33.0 Å². The molecule has 0 aliphatic heterocycles. The molecule has 0 N–H and O–H groups in total. The first-order chi connectivity index (χ1) is 12.6. The second kappa shape index (κ2) is 6.64. The quantitative estimate of drug-likeness (QED) is 0.643. The molecule has 3 rings (SSSR count). The van der Waals surface area contributed by atoms with E-state index in [1.165, 1.54) is 30.8 Å². The van der Waals surface area contributed by atoms with Crippen LogP contribution < -0.4 is 4.74 Å². The number of carbonyl (C=O) groups excluding carboxylic acids is 1. The molecule has 2 aromatic heterocycles. The molecule has 3 aromatic rings. The third-order valence-electron chi connectivity index (χ3n) is 4.24. The summed E-state index contributed by atoms with van der Waals surface area (Å²) in [5, 5.41) is 4.73. The van der Waals surface area contributed by atoms with Gasteiger partial charge in [0.1, 0.15) is 16.9 Å². The van der Waals surface area contributed by atoms with Crippen LogP contribution in [-0.2, 0) is 6.18 Å². The SMILES string of the molecule is COc1nc(C)nc2c1c(C(C)=O)nn2C(C)c1ccc(C(F)(F)F)cc1. The first-order valence-electron chi connectivity index (χ1n) is 8.12. The molecule has 0 aliphatic rings. The fraction of sp³-hybridized carbons (Fsp3) is 0.333. The summed E-state index contributed by atoms with van der Waals surface area (Å²) < 4.78 is 45.1. The van der Waals surface area contributed by atoms with Crippen LogP contribution in [0.5, 0.6) is 5.88 Å². The van der Waals surface area contributed by atoms with Crippen LogP contribution >= 0.6 is 0 Å². The number of ketones is 1. The molecule has 1 atom stereocenters. The highest BCUT2D eigenvalue weighted by molar-refractivity contribution is 6.05. The predicted molar refractivity (Wildman–Crippen MR) is 91.9 cm³/mol. The Morgan fingerprint density at radius 2 is 1.81 bits per heavy atom. The number of nitrogens with zero attached hydrogens (tertiary/aromatic N) is 4. The Balaban J connectivity index is 2.16. The van der Waals surface area contributed by atoms with Gasteiger partial charge in [-0.05, 0) is 31.5 Å². The number of carbonyl (C=O) groups is 1. The van der Waals surface area contributed by atoms with Crippen LogP contribution in [0.15, 0.2) is 24.3 Å². The minimum absolute atomic E-state index is 0.153. The molecule has 0 spiro atoms. The molecule has 27 heavy (non-hydrogen) atoms. The summed E-state index contributed by atoms with van der Waals surface area (Å²) in [6.07, 6.45) is -4.40. The van der Waals surface area contributed by atoms with Gasteiger partial charge in [0.2, 0.25) is 5.88 Å². The average molecular weight is 378 g/mol. The number of ether oxygens (including phenoxy) is 1. The molecule has 1 aromatic carbocycles. The fourth-order valence-electron chi connectivity index (χ4n) is 2.87. The summed E-state index contributed by atoms with van der Waals surface area (Å²) in [5.41, 5.74) is 0.406. The summed E-state index contributed by atoms with van der Waals surface area (Å²) in [7, 11) is 1.43. The summed E-state index contributed by atoms with van der Waals surface area (Å²) in [5.74, 6) is 0.368. The number of aryl methyl sites for hydroxylation is 1. The first-order valence-corrected chi connectivity index (χ1v) is 8.12. The van der Waals surface area contributed by atoms with E-state index in [9.17, 15) is 18.0 Å². The molecule has 2 heterocycles. The third-order valence-corrected chi connectivity index (χ3v) is 4.24. The maximum atomic E-state index is 12.8. The maximum Gasteiger partial charge on any atom is 0.416 e. The van der Waals surface area contributed by atoms with Crippen molar-refractivity contribution >= 4 is 16.8 Å². The van der Waals surface area contributed by atoms with Crippen LogP contribution in [0.2, 0.25) is 0 Å². The van der Waals surface area contributed by atoms with E-state index in [0.717, 1.165) is 12.1 Å². The van der Waals surface area contributed by atoms with Gasteiger partial charge in [-0.1, -0.05) is 12.1 Å². The normalized spacial score (nSPS) is 13.0. The van der Waals surface area contributed by atoms with E-state index in [2.05, 4.69) is 15.1 Å². The molecular weight excluding hydrogens is 361 g/mol. The Morgan fingerprint density at radius 3 is 2.33 bits per heavy atom. The molecule has 0 radical (unpaired) electrons. The van der Waals surface area contributed by atoms with Crippen molar-refractivity contribution in [3.8, 4) is 5.88 Å². The average Bonchev–Trinajstić information content (AvgIpc) is 2.99. The van der Waals surface area contributed by atoms with Gasteiger partial charge in [-0.25, -0.2) is 9.67 Å². The molecule has 142 valence electrons. The Kier molecular flexibility index (Phi) is 4.63. The molecular formula is C18H17F3N4O2. The second-order valence-electron chi connectivity index (χ2n) is 6.12. The number of aromatic nitrogens is 4. The van der Waals surface area contributed by atoms with Crippen molar-refractivity contribution in [1.29, 1.82) is 0 Å². The van der Waals surface area contributed by atoms with Crippen molar-refractivity contribution in [1.82, 2.24) is 19.7 Å². The van der Waals surface area contributed by atoms with Crippen molar-refractivity contribution in [2.24, 2.45) is 0 Å². The lowest BCUT2D eigenvalue weighted by Gasteiger charge is -2.15. The molecule has 6 nitrogen and oxygen atoms in total. The highest BCUT2D eigenvalue weighted by Gasteiger charge is 2.30. The number of hydrogen-bond acceptors (Lipinski definition) is 5. The van der Waals surface area contributed by atoms with E-state index >= 15 is 0 Å². The molecule has 0 saturated heterocycles. The van der Waals surface area contributed by atoms with Crippen LogP contribution in [0.4, 0.5) is 13.2 Å². The minimum atomic E-state index is -4.40. The lowest BCUT2D eigenvalue weighted by molar-refractivity contribution is -0.137. The van der Waals surface area contributed by atoms with Crippen molar-refractivity contribution in [2.75, 3.05) is 7.11 Å². The summed E-state index contributed by atoms with van der Waals surface area (Å²) in [6.45, 7) is 4.81. The lowest BCUT2D eigenvalue weighted by Crippen LogP contribution is -2.11. The first kappa shape index (κ1) is 18.8. The van der Waals surface area contributed by atoms with Gasteiger partial charge in [0.15, 0.2) is 11.4 Å². The summed E-state index contributed by atoms with van der Waals surface area (Å²) in [4.78, 5) is 20.6. The van der Waals surface area contributed by atoms with Crippen LogP contribution in [0, 0.1) is 6.92 Å². The Bertz CT molecular complexity index is 1010. The van der Waals surface area contributed by atoms with E-state index in [-0.39, 0.29) is 17.4 Å². The van der Waals surface area contributed by atoms with Crippen molar-refractivity contribution in [3.63, 3.8) is 0 Å². The zero-order chi connectivity index (χ0) is 19.9. The number of halogens is 3. The van der Waals surface area contributed by atoms with Crippen LogP contribution in [-0.4, -0.2) is 32.6 Å². The Morgan fingerprint density at radius 1 is 1.19 bits per heavy atom. The van der Waals surface area contributed by atoms with Crippen LogP contribution in [0.25, 0.3) is 11.0 Å². The summed E-state index contributed by atoms with van der Waals surface area (Å²) >= 11 is 0. The fourth-order valence-corrected chi connectivity index (χ4v) is 2.87. The second-order valence-corrected chi connectivity index (χ2v) is 6.12. The molecule has 0 aliphatic carbocycles. The topological polar surface area (TPSA) is 69.9 Å². The van der Waals surface area contributed by atoms with E-state index < -0.39 is 17.8 Å². The zero-order valence-electron chi connectivity index (χ0n) is 15.1. The molecule has 0 amide bonds. The van der Waals surface area contributed by atoms with Gasteiger partial charge in [0, 0.05) is 6.92 Å². The third kappa shape index (κ3) is 3.36. The maximum absolute atomic E-state index is 12.8. The number of Topliss-reactive ketones (excluding diaryl/α,β-unsaturated/α-hetero) is 1. The van der Waals surface area contributed by atoms with Gasteiger partial charge in [-0.15, -0.1) is 0 Å². The molecule has 0 fully saturated rings. The molecule has 9 heteroatoms. The van der Waals surface area contributed by atoms with Gasteiger partial charge in [-0.2, -0.15) is 23.3 Å². The predicted octanol–water partition coefficient (Wildman–Crippen LogP) is 3.97. The van der Waals surface area contributed by atoms with Gasteiger partial charge >= 0.3 is 6.18 Å². The van der Waals surface area contributed by atoms with E-state index in [4.69, 9.17) is 4.74 Å². The molecule has 0 bridgehead atoms. The monoisotopic (exact) mass is 378 g/mol. The number of alkyl halides is 3. The van der Waals surface area contributed by atoms with Crippen LogP contribution in [0.1, 0.15) is 47.3 Å². The zero-order valence-corrected chi connectivity index (χ0v) is 15.1. The minimum Gasteiger partial charge on any atom is -0.480 e. The van der Waals surface area contributed by atoms with E-state index in [0.29, 0.717) is 22.4 Å². The number of methoxy groups -OCH3 is 1. The number of rotatable bonds is 4. The molecule has 1 unspecified atom stereocenters. The number of hydrogen-bond donors (Lipinski definition) is 0. The number of fused-ring (bicyclic) bond motifs is 1. The van der Waals surface area contributed by atoms with Crippen LogP contribution in [0.3, 0.4) is 0 Å². The largest absolute Gasteiger partial charge is 0.480 e. The van der Waals surface area contributed by atoms with Crippen molar-refractivity contribution in [3.05, 3.63) is 46.9 Å². The van der Waals surface area contributed by atoms with Gasteiger partial charge in [0.05, 0.1) is 18.7 Å². The van der Waals surface area contributed by atoms with Gasteiger partial charge in [-0.3, -0.25) is 4.79 Å². The molecule has 0 saturated carbocycles. The Hall–Kier alpha value is -2.97. The lowest BCUT2D eigenvalue weighted by atomic mass is 10.1. The Labute approximate surface area is 153 Å². The standard InChI is InChI=1S/C18H17F3N4O2/c1-9(12-5-7-13(8-6-12)18(19,20)21)25-16-14(15(24-25)10(2)26)17(27-4)23-11(3)22-16/h5-9H,1-4H3. The highest BCUT2D eigenvalue weighted by atomic mass is 19.4. The van der Waals surface area contributed by atoms with Gasteiger partial charge < -0.3 is 4.74 Å². The highest BCUT2D eigenvalue weighted by Crippen LogP contribution is 2.32. The smallest absolute Gasteiger partial charge is 0.416 e. The summed E-state index contributed by atoms with van der Waals surface area (Å²) in [6, 6.07) is 4.36.